The van der Waals surface area contributed by atoms with E-state index < -0.39 is 0 Å². The summed E-state index contributed by atoms with van der Waals surface area (Å²) in [5, 5.41) is 0.0744. The molecule has 0 aromatic heterocycles. The normalized spacial score (nSPS) is 22.4. The molecule has 2 amide bonds. The van der Waals surface area contributed by atoms with E-state index in [2.05, 4.69) is 50.2 Å². The molecular weight excluding hydrogens is 388 g/mol. The van der Waals surface area contributed by atoms with Gasteiger partial charge in [0, 0.05) is 13.1 Å². The van der Waals surface area contributed by atoms with Crippen LogP contribution in [0.25, 0.3) is 0 Å². The number of carbonyl (C=O) groups is 2. The number of hydrogen-bond acceptors (Lipinski definition) is 4. The highest BCUT2D eigenvalue weighted by Gasteiger charge is 2.36. The van der Waals surface area contributed by atoms with Gasteiger partial charge in [0.25, 0.3) is 0 Å². The van der Waals surface area contributed by atoms with Gasteiger partial charge in [0.15, 0.2) is 0 Å². The summed E-state index contributed by atoms with van der Waals surface area (Å²) in [4.78, 5) is 28.9. The highest BCUT2D eigenvalue weighted by molar-refractivity contribution is 8.00. The lowest BCUT2D eigenvalue weighted by Crippen LogP contribution is -2.39. The number of hydrogen-bond donors (Lipinski definition) is 0. The minimum absolute atomic E-state index is 0.0372. The number of carbonyl (C=O) groups excluding carboxylic acids is 2. The van der Waals surface area contributed by atoms with Crippen molar-refractivity contribution in [3.63, 3.8) is 0 Å². The van der Waals surface area contributed by atoms with Gasteiger partial charge in [-0.2, -0.15) is 0 Å². The van der Waals surface area contributed by atoms with Crippen LogP contribution in [-0.2, 0) is 9.59 Å². The van der Waals surface area contributed by atoms with Crippen LogP contribution in [-0.4, -0.2) is 46.2 Å². The van der Waals surface area contributed by atoms with E-state index in [4.69, 9.17) is 0 Å². The van der Waals surface area contributed by atoms with Gasteiger partial charge in [-0.05, 0) is 25.0 Å². The van der Waals surface area contributed by atoms with E-state index in [1.54, 1.807) is 23.5 Å². The van der Waals surface area contributed by atoms with Gasteiger partial charge in [0.2, 0.25) is 11.8 Å². The molecule has 2 atom stereocenters. The molecule has 0 bridgehead atoms. The van der Waals surface area contributed by atoms with Crippen LogP contribution in [0.3, 0.4) is 0 Å². The van der Waals surface area contributed by atoms with Crippen LogP contribution in [0.4, 0.5) is 0 Å². The first kappa shape index (κ1) is 19.4. The Morgan fingerprint density at radius 3 is 1.61 bits per heavy atom. The van der Waals surface area contributed by atoms with Crippen LogP contribution >= 0.6 is 23.5 Å². The van der Waals surface area contributed by atoms with Crippen LogP contribution < -0.4 is 0 Å². The molecule has 2 aromatic rings. The Bertz CT molecular complexity index is 828. The Hall–Kier alpha value is -1.92. The van der Waals surface area contributed by atoms with Gasteiger partial charge in [0.05, 0.1) is 11.5 Å². The van der Waals surface area contributed by atoms with E-state index >= 15 is 0 Å². The Labute approximate surface area is 174 Å². The zero-order chi connectivity index (χ0) is 19.7. The number of benzene rings is 2. The van der Waals surface area contributed by atoms with Crippen LogP contribution in [0.1, 0.15) is 33.0 Å². The van der Waals surface area contributed by atoms with Gasteiger partial charge < -0.3 is 9.80 Å². The van der Waals surface area contributed by atoms with Crippen molar-refractivity contribution < 1.29 is 9.59 Å². The molecule has 146 valence electrons. The first-order chi connectivity index (χ1) is 13.5. The number of amides is 2. The van der Waals surface area contributed by atoms with Crippen molar-refractivity contribution in [2.45, 2.75) is 24.6 Å². The molecule has 2 saturated heterocycles. The van der Waals surface area contributed by atoms with E-state index in [1.165, 1.54) is 11.1 Å². The Morgan fingerprint density at radius 1 is 0.786 bits per heavy atom. The maximum Gasteiger partial charge on any atom is 0.233 e. The van der Waals surface area contributed by atoms with Crippen molar-refractivity contribution in [3.8, 4) is 0 Å². The minimum atomic E-state index is 0.0372. The van der Waals surface area contributed by atoms with E-state index in [1.807, 2.05) is 21.9 Å². The molecule has 2 aliphatic rings. The molecule has 6 heteroatoms. The topological polar surface area (TPSA) is 40.6 Å². The molecule has 2 fully saturated rings. The fourth-order valence-corrected chi connectivity index (χ4v) is 6.22. The van der Waals surface area contributed by atoms with Gasteiger partial charge in [-0.15, -0.1) is 23.5 Å². The summed E-state index contributed by atoms with van der Waals surface area (Å²) in [6.07, 6.45) is 0. The summed E-state index contributed by atoms with van der Waals surface area (Å²) in [5.74, 6) is 1.32. The number of thioether (sulfide) groups is 2. The molecule has 0 N–H and O–H groups in total. The molecule has 0 unspecified atom stereocenters. The molecule has 0 aliphatic carbocycles. The van der Waals surface area contributed by atoms with Crippen molar-refractivity contribution in [2.75, 3.05) is 24.6 Å². The molecule has 0 saturated carbocycles. The maximum absolute atomic E-state index is 12.5. The van der Waals surface area contributed by atoms with Crippen molar-refractivity contribution in [1.82, 2.24) is 9.80 Å². The van der Waals surface area contributed by atoms with E-state index in [0.29, 0.717) is 24.6 Å². The average Bonchev–Trinajstić information content (AvgIpc) is 3.22. The lowest BCUT2D eigenvalue weighted by Gasteiger charge is -2.29. The first-order valence-electron chi connectivity index (χ1n) is 9.48. The lowest BCUT2D eigenvalue weighted by molar-refractivity contribution is -0.132. The van der Waals surface area contributed by atoms with Crippen molar-refractivity contribution in [3.05, 3.63) is 70.8 Å². The van der Waals surface area contributed by atoms with Gasteiger partial charge in [0.1, 0.15) is 10.7 Å². The fraction of sp³-hybridized carbons (Fsp3) is 0.364. The largest absolute Gasteiger partial charge is 0.324 e. The number of rotatable bonds is 5. The summed E-state index contributed by atoms with van der Waals surface area (Å²) in [6, 6.07) is 16.7. The van der Waals surface area contributed by atoms with Crippen LogP contribution in [0.15, 0.2) is 48.5 Å². The highest BCUT2D eigenvalue weighted by Crippen LogP contribution is 2.41. The third-order valence-electron chi connectivity index (χ3n) is 5.17. The molecule has 28 heavy (non-hydrogen) atoms. The van der Waals surface area contributed by atoms with Crippen molar-refractivity contribution in [2.24, 2.45) is 0 Å². The Morgan fingerprint density at radius 2 is 1.21 bits per heavy atom. The molecule has 2 aromatic carbocycles. The van der Waals surface area contributed by atoms with Crippen molar-refractivity contribution >= 4 is 35.3 Å². The zero-order valence-electron chi connectivity index (χ0n) is 16.1. The van der Waals surface area contributed by atoms with Crippen LogP contribution in [0.5, 0.6) is 0 Å². The maximum atomic E-state index is 12.5. The Balaban J connectivity index is 1.50. The van der Waals surface area contributed by atoms with Crippen LogP contribution in [0.2, 0.25) is 0 Å². The molecule has 4 rings (SSSR count). The van der Waals surface area contributed by atoms with Crippen LogP contribution in [0, 0.1) is 13.8 Å². The van der Waals surface area contributed by atoms with Gasteiger partial charge in [-0.3, -0.25) is 9.59 Å². The smallest absolute Gasteiger partial charge is 0.233 e. The quantitative estimate of drug-likeness (QED) is 0.740. The predicted octanol–water partition coefficient (Wildman–Crippen LogP) is 4.15. The molecule has 2 heterocycles. The van der Waals surface area contributed by atoms with E-state index in [-0.39, 0.29) is 22.6 Å². The monoisotopic (exact) mass is 412 g/mol. The summed E-state index contributed by atoms with van der Waals surface area (Å²) in [7, 11) is 0. The average molecular weight is 413 g/mol. The van der Waals surface area contributed by atoms with Gasteiger partial charge in [-0.25, -0.2) is 0 Å². The van der Waals surface area contributed by atoms with Gasteiger partial charge >= 0.3 is 0 Å². The SMILES string of the molecule is Cc1cccc([C@H]2SCC(=O)N2CCN2C(=O)CS[C@H]2c2cccc(C)c2)c1. The standard InChI is InChI=1S/C22H24N2O2S2/c1-15-5-3-7-17(11-15)21-23(19(25)13-27-21)9-10-24-20(26)14-28-22(24)18-8-4-6-16(2)12-18/h3-8,11-12,21-22H,9-10,13-14H2,1-2H3/t21-,22+. The predicted molar refractivity (Wildman–Crippen MR) is 116 cm³/mol. The number of nitrogens with zero attached hydrogens (tertiary/aromatic N) is 2. The molecular formula is C22H24N2O2S2. The lowest BCUT2D eigenvalue weighted by atomic mass is 10.1. The van der Waals surface area contributed by atoms with Crippen molar-refractivity contribution in [1.29, 1.82) is 0 Å². The molecule has 4 nitrogen and oxygen atoms in total. The highest BCUT2D eigenvalue weighted by atomic mass is 32.2. The number of aryl methyl sites for hydroxylation is 2. The fourth-order valence-electron chi connectivity index (χ4n) is 3.81. The second kappa shape index (κ2) is 8.21. The third-order valence-corrected chi connectivity index (χ3v) is 7.68. The zero-order valence-corrected chi connectivity index (χ0v) is 17.8. The molecule has 2 aliphatic heterocycles. The second-order valence-electron chi connectivity index (χ2n) is 7.33. The summed E-state index contributed by atoms with van der Waals surface area (Å²) in [5.41, 5.74) is 4.72. The second-order valence-corrected chi connectivity index (χ2v) is 9.47. The summed E-state index contributed by atoms with van der Waals surface area (Å²) < 4.78 is 0. The van der Waals surface area contributed by atoms with Gasteiger partial charge in [-0.1, -0.05) is 59.7 Å². The minimum Gasteiger partial charge on any atom is -0.324 e. The molecule has 0 radical (unpaired) electrons. The Kier molecular flexibility index (Phi) is 5.69. The summed E-state index contributed by atoms with van der Waals surface area (Å²) in [6.45, 7) is 5.28. The first-order valence-corrected chi connectivity index (χ1v) is 11.6. The van der Waals surface area contributed by atoms with E-state index in [9.17, 15) is 9.59 Å². The third kappa shape index (κ3) is 3.94. The summed E-state index contributed by atoms with van der Waals surface area (Å²) >= 11 is 3.34. The van der Waals surface area contributed by atoms with E-state index in [0.717, 1.165) is 11.1 Å². The molecule has 0 spiro atoms.